The van der Waals surface area contributed by atoms with Crippen molar-refractivity contribution in [3.8, 4) is 11.6 Å². The predicted molar refractivity (Wildman–Crippen MR) is 122 cm³/mol. The zero-order chi connectivity index (χ0) is 26.0. The number of hydrogen-bond donors (Lipinski definition) is 1. The van der Waals surface area contributed by atoms with Gasteiger partial charge in [0.05, 0.1) is 32.1 Å². The Labute approximate surface area is 206 Å². The van der Waals surface area contributed by atoms with E-state index in [-0.39, 0.29) is 36.3 Å². The van der Waals surface area contributed by atoms with E-state index in [1.807, 2.05) is 11.8 Å². The van der Waals surface area contributed by atoms with Crippen LogP contribution >= 0.6 is 0 Å². The van der Waals surface area contributed by atoms with Gasteiger partial charge in [-0.3, -0.25) is 4.79 Å². The van der Waals surface area contributed by atoms with Crippen LogP contribution in [-0.4, -0.2) is 52.8 Å². The molecule has 2 amide bonds. The minimum atomic E-state index is -4.67. The number of halogens is 3. The van der Waals surface area contributed by atoms with E-state index < -0.39 is 29.8 Å². The molecule has 0 unspecified atom stereocenters. The van der Waals surface area contributed by atoms with Crippen molar-refractivity contribution in [2.24, 2.45) is 0 Å². The summed E-state index contributed by atoms with van der Waals surface area (Å²) in [5.41, 5.74) is 0.106. The van der Waals surface area contributed by atoms with Crippen molar-refractivity contribution < 1.29 is 37.0 Å². The maximum absolute atomic E-state index is 13.4. The van der Waals surface area contributed by atoms with Crippen molar-refractivity contribution in [2.75, 3.05) is 20.3 Å². The van der Waals surface area contributed by atoms with E-state index in [1.165, 1.54) is 12.3 Å². The number of alkyl halides is 3. The van der Waals surface area contributed by atoms with Crippen LogP contribution in [-0.2, 0) is 24.1 Å². The zero-order valence-corrected chi connectivity index (χ0v) is 20.4. The van der Waals surface area contributed by atoms with Crippen molar-refractivity contribution in [1.29, 1.82) is 0 Å². The Morgan fingerprint density at radius 2 is 2.08 bits per heavy atom. The van der Waals surface area contributed by atoms with Gasteiger partial charge in [0, 0.05) is 31.4 Å². The molecule has 0 bridgehead atoms. The molecule has 0 saturated carbocycles. The standard InChI is InChI=1S/C24H29F3N4O5/c1-4-17(15-10-16(24(25,26)27)21(34-3)28-12-15)29-23(33)36-20-11-18(31-8-9-35-13-19(20)31)22(32)30-7-5-6-14(30)2/h10-12,14,17H,4-9,13H2,1-3H3,(H,29,33)/t14-,17+/m0/s1. The third-order valence-electron chi connectivity index (χ3n) is 6.58. The van der Waals surface area contributed by atoms with Crippen LogP contribution in [0.15, 0.2) is 18.3 Å². The van der Waals surface area contributed by atoms with E-state index in [2.05, 4.69) is 10.3 Å². The Morgan fingerprint density at radius 1 is 1.31 bits per heavy atom. The molecule has 1 N–H and O–H groups in total. The first-order valence-electron chi connectivity index (χ1n) is 11.8. The fraction of sp³-hybridized carbons (Fsp3) is 0.542. The van der Waals surface area contributed by atoms with Crippen molar-refractivity contribution >= 4 is 12.0 Å². The number of carbonyl (C=O) groups excluding carboxylic acids is 2. The number of hydrogen-bond acceptors (Lipinski definition) is 6. The van der Waals surface area contributed by atoms with Crippen LogP contribution < -0.4 is 14.8 Å². The lowest BCUT2D eigenvalue weighted by molar-refractivity contribution is -0.139. The first-order chi connectivity index (χ1) is 17.1. The first kappa shape index (κ1) is 25.8. The maximum atomic E-state index is 13.4. The molecule has 0 spiro atoms. The minimum Gasteiger partial charge on any atom is -0.481 e. The van der Waals surface area contributed by atoms with Crippen LogP contribution in [0.4, 0.5) is 18.0 Å². The largest absolute Gasteiger partial charge is 0.481 e. The summed E-state index contributed by atoms with van der Waals surface area (Å²) in [6.07, 6.45) is -2.15. The molecule has 0 radical (unpaired) electrons. The molecule has 0 aliphatic carbocycles. The number of aromatic nitrogens is 2. The molecule has 0 aromatic carbocycles. The molecule has 2 aromatic rings. The minimum absolute atomic E-state index is 0.126. The first-order valence-corrected chi connectivity index (χ1v) is 11.8. The molecule has 4 rings (SSSR count). The molecule has 1 saturated heterocycles. The van der Waals surface area contributed by atoms with Crippen molar-refractivity contribution in [2.45, 2.75) is 64.5 Å². The summed E-state index contributed by atoms with van der Waals surface area (Å²) < 4.78 is 57.8. The topological polar surface area (TPSA) is 94.9 Å². The number of carbonyl (C=O) groups is 2. The van der Waals surface area contributed by atoms with Gasteiger partial charge in [-0.25, -0.2) is 9.78 Å². The summed E-state index contributed by atoms with van der Waals surface area (Å²) >= 11 is 0. The van der Waals surface area contributed by atoms with Crippen LogP contribution in [0.25, 0.3) is 0 Å². The maximum Gasteiger partial charge on any atom is 0.421 e. The summed E-state index contributed by atoms with van der Waals surface area (Å²) in [7, 11) is 1.11. The molecule has 2 aliphatic heterocycles. The summed E-state index contributed by atoms with van der Waals surface area (Å²) in [5.74, 6) is -0.497. The number of ether oxygens (including phenoxy) is 3. The smallest absolute Gasteiger partial charge is 0.421 e. The Bertz CT molecular complexity index is 1130. The molecule has 1 fully saturated rings. The van der Waals surface area contributed by atoms with Crippen LogP contribution in [0, 0.1) is 0 Å². The second-order valence-corrected chi connectivity index (χ2v) is 8.85. The average Bonchev–Trinajstić information content (AvgIpc) is 3.45. The number of nitrogens with zero attached hydrogens (tertiary/aromatic N) is 3. The normalized spacial score (nSPS) is 18.5. The highest BCUT2D eigenvalue weighted by Gasteiger charge is 2.36. The van der Waals surface area contributed by atoms with Gasteiger partial charge in [0.2, 0.25) is 5.88 Å². The van der Waals surface area contributed by atoms with E-state index in [1.54, 1.807) is 11.5 Å². The van der Waals surface area contributed by atoms with Gasteiger partial charge in [-0.1, -0.05) is 6.92 Å². The van der Waals surface area contributed by atoms with Crippen LogP contribution in [0.2, 0.25) is 0 Å². The quantitative estimate of drug-likeness (QED) is 0.623. The fourth-order valence-corrected chi connectivity index (χ4v) is 4.66. The highest BCUT2D eigenvalue weighted by molar-refractivity contribution is 5.94. The number of pyridine rings is 1. The van der Waals surface area contributed by atoms with Gasteiger partial charge < -0.3 is 29.0 Å². The fourth-order valence-electron chi connectivity index (χ4n) is 4.66. The number of methoxy groups -OCH3 is 1. The van der Waals surface area contributed by atoms with E-state index in [9.17, 15) is 22.8 Å². The number of rotatable bonds is 6. The summed E-state index contributed by atoms with van der Waals surface area (Å²) in [6, 6.07) is 1.77. The SMILES string of the molecule is CC[C@@H](NC(=O)Oc1cc(C(=O)N2CCC[C@@H]2C)n2c1COCC2)c1cnc(OC)c(C(F)(F)F)c1. The van der Waals surface area contributed by atoms with Gasteiger partial charge in [-0.2, -0.15) is 13.2 Å². The lowest BCUT2D eigenvalue weighted by Gasteiger charge is -2.24. The molecule has 2 atom stereocenters. The van der Waals surface area contributed by atoms with E-state index in [0.29, 0.717) is 31.1 Å². The lowest BCUT2D eigenvalue weighted by Crippen LogP contribution is -2.35. The zero-order valence-electron chi connectivity index (χ0n) is 20.4. The Hall–Kier alpha value is -3.28. The van der Waals surface area contributed by atoms with Gasteiger partial charge in [-0.05, 0) is 37.8 Å². The van der Waals surface area contributed by atoms with Gasteiger partial charge in [0.25, 0.3) is 5.91 Å². The average molecular weight is 511 g/mol. The highest BCUT2D eigenvalue weighted by atomic mass is 19.4. The third-order valence-corrected chi connectivity index (χ3v) is 6.58. The number of likely N-dealkylation sites (tertiary alicyclic amines) is 1. The molecule has 4 heterocycles. The van der Waals surface area contributed by atoms with Crippen molar-refractivity contribution in [1.82, 2.24) is 19.8 Å². The predicted octanol–water partition coefficient (Wildman–Crippen LogP) is 4.30. The number of fused-ring (bicyclic) bond motifs is 1. The third kappa shape index (κ3) is 5.13. The highest BCUT2D eigenvalue weighted by Crippen LogP contribution is 2.37. The van der Waals surface area contributed by atoms with Gasteiger partial charge in [0.1, 0.15) is 11.3 Å². The van der Waals surface area contributed by atoms with E-state index >= 15 is 0 Å². The Balaban J connectivity index is 1.54. The van der Waals surface area contributed by atoms with Crippen molar-refractivity contribution in [3.63, 3.8) is 0 Å². The molecule has 196 valence electrons. The van der Waals surface area contributed by atoms with E-state index in [0.717, 1.165) is 26.0 Å². The Kier molecular flexibility index (Phi) is 7.43. The number of amides is 2. The van der Waals surface area contributed by atoms with Gasteiger partial charge >= 0.3 is 12.3 Å². The second-order valence-electron chi connectivity index (χ2n) is 8.85. The molecular weight excluding hydrogens is 481 g/mol. The molecule has 2 aromatic heterocycles. The van der Waals surface area contributed by atoms with Crippen LogP contribution in [0.1, 0.15) is 66.5 Å². The van der Waals surface area contributed by atoms with Crippen LogP contribution in [0.3, 0.4) is 0 Å². The lowest BCUT2D eigenvalue weighted by atomic mass is 10.0. The van der Waals surface area contributed by atoms with Gasteiger partial charge in [0.15, 0.2) is 5.75 Å². The summed E-state index contributed by atoms with van der Waals surface area (Å²) in [4.78, 5) is 31.6. The molecule has 9 nitrogen and oxygen atoms in total. The van der Waals surface area contributed by atoms with Gasteiger partial charge in [-0.15, -0.1) is 0 Å². The number of nitrogens with one attached hydrogen (secondary N) is 1. The van der Waals surface area contributed by atoms with Crippen LogP contribution in [0.5, 0.6) is 11.6 Å². The molecule has 2 aliphatic rings. The van der Waals surface area contributed by atoms with Crippen molar-refractivity contribution in [3.05, 3.63) is 40.8 Å². The second kappa shape index (κ2) is 10.4. The monoisotopic (exact) mass is 510 g/mol. The van der Waals surface area contributed by atoms with E-state index in [4.69, 9.17) is 14.2 Å². The molecular formula is C24H29F3N4O5. The Morgan fingerprint density at radius 3 is 2.72 bits per heavy atom. The summed E-state index contributed by atoms with van der Waals surface area (Å²) in [6.45, 7) is 5.42. The molecule has 12 heteroatoms. The summed E-state index contributed by atoms with van der Waals surface area (Å²) in [5, 5.41) is 2.60. The molecule has 36 heavy (non-hydrogen) atoms.